The number of nitrogens with zero attached hydrogens (tertiary/aromatic N) is 1. The first-order valence-electron chi connectivity index (χ1n) is 10.2. The van der Waals surface area contributed by atoms with Crippen LogP contribution in [0.25, 0.3) is 0 Å². The third-order valence-corrected chi connectivity index (χ3v) is 6.54. The Kier molecular flexibility index (Phi) is 4.05. The van der Waals surface area contributed by atoms with Gasteiger partial charge in [0.25, 0.3) is 0 Å². The third kappa shape index (κ3) is 3.22. The fraction of sp³-hybridized carbons (Fsp3) is 0.667. The van der Waals surface area contributed by atoms with Crippen LogP contribution in [0.2, 0.25) is 0 Å². The smallest absolute Gasteiger partial charge is 0.230 e. The topological polar surface area (TPSA) is 44.4 Å². The van der Waals surface area contributed by atoms with Crippen LogP contribution in [0.4, 0.5) is 5.69 Å². The van der Waals surface area contributed by atoms with Gasteiger partial charge in [0, 0.05) is 30.1 Å². The summed E-state index contributed by atoms with van der Waals surface area (Å²) in [6, 6.07) is 7.53. The summed E-state index contributed by atoms with van der Waals surface area (Å²) in [5, 5.41) is 7.24. The average molecular weight is 339 g/mol. The van der Waals surface area contributed by atoms with E-state index in [0.29, 0.717) is 23.8 Å². The zero-order valence-corrected chi connectivity index (χ0v) is 15.0. The van der Waals surface area contributed by atoms with Gasteiger partial charge in [0.15, 0.2) is 0 Å². The molecule has 0 bridgehead atoms. The fourth-order valence-corrected chi connectivity index (χ4v) is 4.62. The second-order valence-corrected chi connectivity index (χ2v) is 8.45. The van der Waals surface area contributed by atoms with Crippen molar-refractivity contribution >= 4 is 11.6 Å². The summed E-state index contributed by atoms with van der Waals surface area (Å²) in [6.45, 7) is 4.43. The fourth-order valence-electron chi connectivity index (χ4n) is 4.62. The minimum absolute atomic E-state index is 0.317. The first-order valence-corrected chi connectivity index (χ1v) is 10.2. The predicted octanol–water partition coefficient (Wildman–Crippen LogP) is 2.43. The Morgan fingerprint density at radius 3 is 2.84 bits per heavy atom. The van der Waals surface area contributed by atoms with Crippen molar-refractivity contribution in [2.24, 2.45) is 11.8 Å². The van der Waals surface area contributed by atoms with Crippen molar-refractivity contribution in [3.8, 4) is 0 Å². The highest BCUT2D eigenvalue weighted by Gasteiger charge is 2.40. The molecule has 4 nitrogen and oxygen atoms in total. The van der Waals surface area contributed by atoms with Crippen molar-refractivity contribution in [2.75, 3.05) is 31.1 Å². The molecule has 2 aliphatic heterocycles. The molecule has 1 aromatic carbocycles. The maximum Gasteiger partial charge on any atom is 0.230 e. The van der Waals surface area contributed by atoms with E-state index in [0.717, 1.165) is 31.7 Å². The second kappa shape index (κ2) is 6.40. The molecule has 1 aromatic rings. The summed E-state index contributed by atoms with van der Waals surface area (Å²) in [4.78, 5) is 14.4. The van der Waals surface area contributed by atoms with Crippen LogP contribution in [-0.4, -0.2) is 38.1 Å². The van der Waals surface area contributed by atoms with Gasteiger partial charge in [-0.3, -0.25) is 4.79 Å². The van der Waals surface area contributed by atoms with E-state index in [1.54, 1.807) is 0 Å². The van der Waals surface area contributed by atoms with Crippen LogP contribution in [-0.2, 0) is 11.2 Å². The van der Waals surface area contributed by atoms with E-state index in [2.05, 4.69) is 28.8 Å². The highest BCUT2D eigenvalue weighted by atomic mass is 16.2. The monoisotopic (exact) mass is 339 g/mol. The number of benzene rings is 1. The Morgan fingerprint density at radius 2 is 2.04 bits per heavy atom. The van der Waals surface area contributed by atoms with Crippen molar-refractivity contribution in [1.82, 2.24) is 10.6 Å². The molecule has 134 valence electrons. The Labute approximate surface area is 150 Å². The quantitative estimate of drug-likeness (QED) is 0.866. The molecule has 2 heterocycles. The van der Waals surface area contributed by atoms with E-state index in [-0.39, 0.29) is 0 Å². The number of hydrogen-bond acceptors (Lipinski definition) is 3. The van der Waals surface area contributed by atoms with Crippen LogP contribution in [0.5, 0.6) is 0 Å². The standard InChI is InChI=1S/C21H29N3O/c25-21(15-1-2-15)24-10-7-17-11-16(3-4-20(17)24)18-12-19(18)23-13-14-5-8-22-9-6-14/h3-4,11,14-15,18-19,22-23H,1-2,5-10,12-13H2. The van der Waals surface area contributed by atoms with Crippen LogP contribution < -0.4 is 15.5 Å². The van der Waals surface area contributed by atoms with Crippen LogP contribution >= 0.6 is 0 Å². The SMILES string of the molecule is O=C(C1CC1)N1CCc2cc(C3CC3NCC3CCNCC3)ccc21. The summed E-state index contributed by atoms with van der Waals surface area (Å²) >= 11 is 0. The Morgan fingerprint density at radius 1 is 1.20 bits per heavy atom. The van der Waals surface area contributed by atoms with Gasteiger partial charge in [-0.2, -0.15) is 0 Å². The van der Waals surface area contributed by atoms with E-state index in [4.69, 9.17) is 0 Å². The number of piperidine rings is 1. The minimum Gasteiger partial charge on any atom is -0.317 e. The van der Waals surface area contributed by atoms with Gasteiger partial charge in [-0.25, -0.2) is 0 Å². The minimum atomic E-state index is 0.317. The zero-order chi connectivity index (χ0) is 16.8. The van der Waals surface area contributed by atoms with Gasteiger partial charge in [0.05, 0.1) is 0 Å². The number of fused-ring (bicyclic) bond motifs is 1. The molecule has 2 atom stereocenters. The summed E-state index contributed by atoms with van der Waals surface area (Å²) in [5.41, 5.74) is 4.04. The van der Waals surface area contributed by atoms with E-state index in [9.17, 15) is 4.79 Å². The molecule has 1 amide bonds. The molecule has 0 aromatic heterocycles. The van der Waals surface area contributed by atoms with Gasteiger partial charge in [0.2, 0.25) is 5.91 Å². The largest absolute Gasteiger partial charge is 0.317 e. The van der Waals surface area contributed by atoms with Crippen molar-refractivity contribution in [3.05, 3.63) is 29.3 Å². The highest BCUT2D eigenvalue weighted by Crippen LogP contribution is 2.44. The van der Waals surface area contributed by atoms with Crippen molar-refractivity contribution in [2.45, 2.75) is 50.5 Å². The van der Waals surface area contributed by atoms with Crippen LogP contribution in [0.1, 0.15) is 49.1 Å². The van der Waals surface area contributed by atoms with Crippen molar-refractivity contribution in [1.29, 1.82) is 0 Å². The number of amides is 1. The number of rotatable bonds is 5. The molecule has 25 heavy (non-hydrogen) atoms. The Bertz CT molecular complexity index is 663. The van der Waals surface area contributed by atoms with Crippen molar-refractivity contribution in [3.63, 3.8) is 0 Å². The maximum atomic E-state index is 12.4. The molecule has 2 N–H and O–H groups in total. The molecule has 4 heteroatoms. The Balaban J connectivity index is 1.19. The highest BCUT2D eigenvalue weighted by molar-refractivity contribution is 5.98. The number of nitrogens with one attached hydrogen (secondary N) is 2. The number of hydrogen-bond donors (Lipinski definition) is 2. The van der Waals surface area contributed by atoms with Gasteiger partial charge >= 0.3 is 0 Å². The molecular weight excluding hydrogens is 310 g/mol. The molecule has 3 fully saturated rings. The lowest BCUT2D eigenvalue weighted by Gasteiger charge is -2.23. The molecule has 0 radical (unpaired) electrons. The number of carbonyl (C=O) groups is 1. The van der Waals surface area contributed by atoms with Gasteiger partial charge in [-0.1, -0.05) is 12.1 Å². The van der Waals surface area contributed by atoms with Crippen LogP contribution in [0, 0.1) is 11.8 Å². The van der Waals surface area contributed by atoms with Gasteiger partial charge < -0.3 is 15.5 Å². The van der Waals surface area contributed by atoms with E-state index in [1.807, 2.05) is 4.90 Å². The summed E-state index contributed by atoms with van der Waals surface area (Å²) < 4.78 is 0. The molecule has 4 aliphatic rings. The lowest BCUT2D eigenvalue weighted by atomic mass is 9.98. The summed E-state index contributed by atoms with van der Waals surface area (Å²) in [6.07, 6.45) is 7.11. The van der Waals surface area contributed by atoms with Crippen LogP contribution in [0.15, 0.2) is 18.2 Å². The van der Waals surface area contributed by atoms with Crippen molar-refractivity contribution < 1.29 is 4.79 Å². The van der Waals surface area contributed by atoms with E-state index >= 15 is 0 Å². The lowest BCUT2D eigenvalue weighted by Crippen LogP contribution is -2.34. The third-order valence-electron chi connectivity index (χ3n) is 6.54. The molecular formula is C21H29N3O. The van der Waals surface area contributed by atoms with Gasteiger partial charge in [-0.05, 0) is 81.3 Å². The molecule has 2 unspecified atom stereocenters. The second-order valence-electron chi connectivity index (χ2n) is 8.45. The summed E-state index contributed by atoms with van der Waals surface area (Å²) in [7, 11) is 0. The normalized spacial score (nSPS) is 28.9. The van der Waals surface area contributed by atoms with Gasteiger partial charge in [-0.15, -0.1) is 0 Å². The number of carbonyl (C=O) groups excluding carboxylic acids is 1. The summed E-state index contributed by atoms with van der Waals surface area (Å²) in [5.74, 6) is 2.21. The molecule has 0 spiro atoms. The van der Waals surface area contributed by atoms with E-state index < -0.39 is 0 Å². The average Bonchev–Trinajstić information content (AvgIpc) is 3.57. The van der Waals surface area contributed by atoms with E-state index in [1.165, 1.54) is 55.7 Å². The van der Waals surface area contributed by atoms with Gasteiger partial charge in [0.1, 0.15) is 0 Å². The zero-order valence-electron chi connectivity index (χ0n) is 15.0. The molecule has 1 saturated heterocycles. The van der Waals surface area contributed by atoms with Crippen LogP contribution in [0.3, 0.4) is 0 Å². The molecule has 2 aliphatic carbocycles. The molecule has 5 rings (SSSR count). The maximum absolute atomic E-state index is 12.4. The lowest BCUT2D eigenvalue weighted by molar-refractivity contribution is -0.119. The molecule has 2 saturated carbocycles. The Hall–Kier alpha value is -1.39. The first-order chi connectivity index (χ1) is 12.3. The predicted molar refractivity (Wildman–Crippen MR) is 100.0 cm³/mol. The first kappa shape index (κ1) is 15.8. The number of anilines is 1.